The van der Waals surface area contributed by atoms with Gasteiger partial charge in [0.15, 0.2) is 0 Å². The van der Waals surface area contributed by atoms with Crippen molar-refractivity contribution in [2.75, 3.05) is 25.4 Å². The van der Waals surface area contributed by atoms with Gasteiger partial charge < -0.3 is 0 Å². The first-order valence-electron chi connectivity index (χ1n) is 4.45. The fraction of sp³-hybridized carbons (Fsp3) is 0.778. The van der Waals surface area contributed by atoms with Gasteiger partial charge in [-0.15, -0.1) is 0 Å². The Morgan fingerprint density at radius 3 is 2.58 bits per heavy atom. The highest BCUT2D eigenvalue weighted by Crippen LogP contribution is 2.12. The normalized spacial score (nSPS) is 22.2. The van der Waals surface area contributed by atoms with Crippen LogP contribution in [0.25, 0.3) is 0 Å². The summed E-state index contributed by atoms with van der Waals surface area (Å²) in [5.74, 6) is 0.791. The van der Waals surface area contributed by atoms with E-state index in [1.165, 1.54) is 0 Å². The molecule has 0 amide bonds. The van der Waals surface area contributed by atoms with Crippen LogP contribution in [-0.4, -0.2) is 36.5 Å². The summed E-state index contributed by atoms with van der Waals surface area (Å²) in [7, 11) is 0. The van der Waals surface area contributed by atoms with Crippen LogP contribution in [0.4, 0.5) is 4.39 Å². The van der Waals surface area contributed by atoms with Crippen LogP contribution in [0.2, 0.25) is 0 Å². The van der Waals surface area contributed by atoms with Gasteiger partial charge in [-0.3, -0.25) is 4.90 Å². The van der Waals surface area contributed by atoms with Gasteiger partial charge in [-0.2, -0.15) is 12.6 Å². The van der Waals surface area contributed by atoms with Crippen molar-refractivity contribution in [3.63, 3.8) is 0 Å². The Balaban J connectivity index is 2.13. The van der Waals surface area contributed by atoms with Gasteiger partial charge >= 0.3 is 0 Å². The Morgan fingerprint density at radius 1 is 1.33 bits per heavy atom. The maximum Gasteiger partial charge on any atom is 0.103 e. The van der Waals surface area contributed by atoms with Gasteiger partial charge in [-0.1, -0.05) is 12.2 Å². The SMILES string of the molecule is FC1CCN(C/C=C/CS)CC1. The second-order valence-corrected chi connectivity index (χ2v) is 3.49. The molecule has 0 bridgehead atoms. The molecule has 0 N–H and O–H groups in total. The Kier molecular flexibility index (Phi) is 4.69. The lowest BCUT2D eigenvalue weighted by Gasteiger charge is -2.27. The first-order chi connectivity index (χ1) is 5.83. The highest BCUT2D eigenvalue weighted by atomic mass is 32.1. The van der Waals surface area contributed by atoms with Crippen LogP contribution in [0.1, 0.15) is 12.8 Å². The smallest absolute Gasteiger partial charge is 0.103 e. The first kappa shape index (κ1) is 10.1. The van der Waals surface area contributed by atoms with Gasteiger partial charge in [-0.05, 0) is 12.8 Å². The molecule has 1 heterocycles. The molecule has 0 radical (unpaired) electrons. The van der Waals surface area contributed by atoms with Gasteiger partial charge in [0.1, 0.15) is 6.17 Å². The van der Waals surface area contributed by atoms with Crippen molar-refractivity contribution in [3.05, 3.63) is 12.2 Å². The predicted octanol–water partition coefficient (Wildman–Crippen LogP) is 1.91. The second-order valence-electron chi connectivity index (χ2n) is 3.13. The summed E-state index contributed by atoms with van der Waals surface area (Å²) in [6, 6.07) is 0. The molecule has 1 fully saturated rings. The number of hydrogen-bond donors (Lipinski definition) is 1. The largest absolute Gasteiger partial charge is 0.299 e. The molecule has 1 saturated heterocycles. The van der Waals surface area contributed by atoms with Crippen LogP contribution in [0.3, 0.4) is 0 Å². The van der Waals surface area contributed by atoms with E-state index >= 15 is 0 Å². The number of hydrogen-bond acceptors (Lipinski definition) is 2. The summed E-state index contributed by atoms with van der Waals surface area (Å²) >= 11 is 4.07. The zero-order chi connectivity index (χ0) is 8.81. The molecule has 0 aromatic carbocycles. The quantitative estimate of drug-likeness (QED) is 0.524. The fourth-order valence-corrected chi connectivity index (χ4v) is 1.53. The van der Waals surface area contributed by atoms with Crippen molar-refractivity contribution in [2.24, 2.45) is 0 Å². The average molecular weight is 189 g/mol. The monoisotopic (exact) mass is 189 g/mol. The van der Waals surface area contributed by atoms with Crippen molar-refractivity contribution in [2.45, 2.75) is 19.0 Å². The molecular weight excluding hydrogens is 173 g/mol. The molecule has 0 aliphatic carbocycles. The third-order valence-corrected chi connectivity index (χ3v) is 2.36. The molecule has 0 aromatic heterocycles. The zero-order valence-corrected chi connectivity index (χ0v) is 8.14. The summed E-state index contributed by atoms with van der Waals surface area (Å²) in [4.78, 5) is 2.27. The van der Waals surface area contributed by atoms with E-state index < -0.39 is 6.17 Å². The van der Waals surface area contributed by atoms with E-state index in [0.717, 1.165) is 25.4 Å². The maximum atomic E-state index is 12.7. The molecule has 0 spiro atoms. The molecule has 0 saturated carbocycles. The molecule has 0 unspecified atom stereocenters. The molecule has 1 aliphatic rings. The predicted molar refractivity (Wildman–Crippen MR) is 53.6 cm³/mol. The summed E-state index contributed by atoms with van der Waals surface area (Å²) in [5.41, 5.74) is 0. The van der Waals surface area contributed by atoms with Crippen molar-refractivity contribution < 1.29 is 4.39 Å². The maximum absolute atomic E-state index is 12.7. The lowest BCUT2D eigenvalue weighted by Crippen LogP contribution is -2.34. The second kappa shape index (κ2) is 5.60. The number of rotatable bonds is 3. The third-order valence-electron chi connectivity index (χ3n) is 2.15. The molecule has 0 aromatic rings. The topological polar surface area (TPSA) is 3.24 Å². The Bertz CT molecular complexity index is 141. The molecule has 3 heteroatoms. The average Bonchev–Trinajstić information content (AvgIpc) is 2.09. The van der Waals surface area contributed by atoms with E-state index in [2.05, 4.69) is 23.6 Å². The van der Waals surface area contributed by atoms with Crippen LogP contribution in [0.15, 0.2) is 12.2 Å². The van der Waals surface area contributed by atoms with Crippen molar-refractivity contribution >= 4 is 12.6 Å². The van der Waals surface area contributed by atoms with Gasteiger partial charge in [0.05, 0.1) is 0 Å². The molecule has 0 atom stereocenters. The fourth-order valence-electron chi connectivity index (χ4n) is 1.38. The van der Waals surface area contributed by atoms with Crippen LogP contribution in [0, 0.1) is 0 Å². The highest BCUT2D eigenvalue weighted by Gasteiger charge is 2.16. The minimum Gasteiger partial charge on any atom is -0.299 e. The summed E-state index contributed by atoms with van der Waals surface area (Å²) in [5, 5.41) is 0. The number of thiol groups is 1. The summed E-state index contributed by atoms with van der Waals surface area (Å²) < 4.78 is 12.7. The standard InChI is InChI=1S/C9H16FNS/c10-9-3-6-11(7-4-9)5-1-2-8-12/h1-2,9,12H,3-8H2/b2-1+. The Labute approximate surface area is 79.0 Å². The van der Waals surface area contributed by atoms with Crippen molar-refractivity contribution in [3.8, 4) is 0 Å². The molecule has 1 nitrogen and oxygen atoms in total. The number of piperidine rings is 1. The Hall–Kier alpha value is -0.0200. The van der Waals surface area contributed by atoms with E-state index in [1.54, 1.807) is 0 Å². The van der Waals surface area contributed by atoms with Gasteiger partial charge in [0.2, 0.25) is 0 Å². The lowest BCUT2D eigenvalue weighted by molar-refractivity contribution is 0.162. The molecule has 70 valence electrons. The number of nitrogens with zero attached hydrogens (tertiary/aromatic N) is 1. The minimum absolute atomic E-state index is 0.560. The van der Waals surface area contributed by atoms with Gasteiger partial charge in [0, 0.05) is 25.4 Å². The van der Waals surface area contributed by atoms with E-state index in [4.69, 9.17) is 0 Å². The summed E-state index contributed by atoms with van der Waals surface area (Å²) in [6.07, 6.45) is 4.98. The molecular formula is C9H16FNS. The first-order valence-corrected chi connectivity index (χ1v) is 5.08. The third kappa shape index (κ3) is 3.59. The van der Waals surface area contributed by atoms with Crippen molar-refractivity contribution in [1.29, 1.82) is 0 Å². The van der Waals surface area contributed by atoms with Crippen LogP contribution < -0.4 is 0 Å². The van der Waals surface area contributed by atoms with E-state index in [0.29, 0.717) is 12.8 Å². The van der Waals surface area contributed by atoms with E-state index in [-0.39, 0.29) is 0 Å². The van der Waals surface area contributed by atoms with Gasteiger partial charge in [-0.25, -0.2) is 4.39 Å². The Morgan fingerprint density at radius 2 is 2.00 bits per heavy atom. The van der Waals surface area contributed by atoms with Crippen molar-refractivity contribution in [1.82, 2.24) is 4.90 Å². The lowest BCUT2D eigenvalue weighted by atomic mass is 10.1. The van der Waals surface area contributed by atoms with Crippen LogP contribution in [0.5, 0.6) is 0 Å². The highest BCUT2D eigenvalue weighted by molar-refractivity contribution is 7.80. The molecule has 12 heavy (non-hydrogen) atoms. The molecule has 1 aliphatic heterocycles. The number of alkyl halides is 1. The van der Waals surface area contributed by atoms with E-state index in [1.807, 2.05) is 6.08 Å². The van der Waals surface area contributed by atoms with E-state index in [9.17, 15) is 4.39 Å². The van der Waals surface area contributed by atoms with Gasteiger partial charge in [0.25, 0.3) is 0 Å². The number of halogens is 1. The zero-order valence-electron chi connectivity index (χ0n) is 7.25. The number of likely N-dealkylation sites (tertiary alicyclic amines) is 1. The summed E-state index contributed by atoms with van der Waals surface area (Å²) in [6.45, 7) is 2.75. The minimum atomic E-state index is -0.560. The molecule has 1 rings (SSSR count). The van der Waals surface area contributed by atoms with Crippen LogP contribution >= 0.6 is 12.6 Å². The van der Waals surface area contributed by atoms with Crippen LogP contribution in [-0.2, 0) is 0 Å².